The summed E-state index contributed by atoms with van der Waals surface area (Å²) in [4.78, 5) is 16.6. The van der Waals surface area contributed by atoms with Crippen molar-refractivity contribution < 1.29 is 9.47 Å². The second kappa shape index (κ2) is 13.0. The average Bonchev–Trinajstić information content (AvgIpc) is 3.12. The summed E-state index contributed by atoms with van der Waals surface area (Å²) in [5.41, 5.74) is 3.52. The summed E-state index contributed by atoms with van der Waals surface area (Å²) in [6.45, 7) is 10.9. The molecule has 0 radical (unpaired) electrons. The van der Waals surface area contributed by atoms with Gasteiger partial charge in [-0.1, -0.05) is 0 Å². The summed E-state index contributed by atoms with van der Waals surface area (Å²) >= 11 is 0. The average molecular weight is 513 g/mol. The topological polar surface area (TPSA) is 102 Å². The Kier molecular flexibility index (Phi) is 10.7. The summed E-state index contributed by atoms with van der Waals surface area (Å²) in [6, 6.07) is 4.33. The highest BCUT2D eigenvalue weighted by atomic mass is 35.5. The zero-order valence-corrected chi connectivity index (χ0v) is 21.7. The number of methoxy groups -OCH3 is 1. The van der Waals surface area contributed by atoms with E-state index in [-0.39, 0.29) is 24.8 Å². The normalized spacial score (nSPS) is 15.6. The van der Waals surface area contributed by atoms with Crippen molar-refractivity contribution in [3.8, 4) is 0 Å². The number of aryl methyl sites for hydroxylation is 1. The van der Waals surface area contributed by atoms with Crippen LogP contribution in [0.15, 0.2) is 18.3 Å². The van der Waals surface area contributed by atoms with Gasteiger partial charge in [0.2, 0.25) is 5.95 Å². The fourth-order valence-electron chi connectivity index (χ4n) is 3.89. The molecule has 1 atom stereocenters. The lowest BCUT2D eigenvalue weighted by atomic mass is 10.2. The number of hydrogen-bond acceptors (Lipinski definition) is 9. The number of piperazine rings is 1. The Labute approximate surface area is 212 Å². The molecule has 1 aliphatic rings. The predicted molar refractivity (Wildman–Crippen MR) is 139 cm³/mol. The molecule has 1 aliphatic heterocycles. The first kappa shape index (κ1) is 28.0. The van der Waals surface area contributed by atoms with Gasteiger partial charge in [-0.25, -0.2) is 9.97 Å². The molecule has 12 heteroatoms. The molecule has 0 aliphatic carbocycles. The number of aromatic nitrogens is 5. The first-order valence-electron chi connectivity index (χ1n) is 11.1. The summed E-state index contributed by atoms with van der Waals surface area (Å²) in [5, 5.41) is 11.7. The zero-order chi connectivity index (χ0) is 22.5. The molecule has 0 amide bonds. The quantitative estimate of drug-likeness (QED) is 0.418. The second-order valence-electron chi connectivity index (χ2n) is 8.01. The SMILES string of the molecule is CCOCCn1nc(COC)c2nc(N3CCN[C@H](C)C3)nc(Nc3cc(C)ccn3)c21.Cl.Cl. The molecule has 4 rings (SSSR count). The molecule has 0 saturated carbocycles. The predicted octanol–water partition coefficient (Wildman–Crippen LogP) is 3.10. The van der Waals surface area contributed by atoms with Crippen molar-refractivity contribution in [1.29, 1.82) is 0 Å². The molecule has 0 unspecified atom stereocenters. The van der Waals surface area contributed by atoms with E-state index in [9.17, 15) is 0 Å². The molecule has 1 fully saturated rings. The largest absolute Gasteiger partial charge is 0.380 e. The monoisotopic (exact) mass is 512 g/mol. The van der Waals surface area contributed by atoms with Crippen molar-refractivity contribution in [2.24, 2.45) is 0 Å². The second-order valence-corrected chi connectivity index (χ2v) is 8.01. The van der Waals surface area contributed by atoms with Gasteiger partial charge in [0.25, 0.3) is 0 Å². The van der Waals surface area contributed by atoms with Crippen molar-refractivity contribution in [3.63, 3.8) is 0 Å². The molecule has 34 heavy (non-hydrogen) atoms. The number of halogens is 2. The molecule has 0 spiro atoms. The van der Waals surface area contributed by atoms with Crippen LogP contribution in [0.25, 0.3) is 11.0 Å². The van der Waals surface area contributed by atoms with E-state index in [1.807, 2.05) is 30.7 Å². The van der Waals surface area contributed by atoms with E-state index in [1.165, 1.54) is 0 Å². The van der Waals surface area contributed by atoms with Crippen LogP contribution in [0.2, 0.25) is 0 Å². The van der Waals surface area contributed by atoms with Gasteiger partial charge in [-0.05, 0) is 38.5 Å². The molecular weight excluding hydrogens is 479 g/mol. The number of fused-ring (bicyclic) bond motifs is 1. The van der Waals surface area contributed by atoms with Crippen LogP contribution in [0.1, 0.15) is 25.1 Å². The number of ether oxygens (including phenoxy) is 2. The van der Waals surface area contributed by atoms with E-state index in [1.54, 1.807) is 13.3 Å². The third-order valence-corrected chi connectivity index (χ3v) is 5.39. The van der Waals surface area contributed by atoms with E-state index in [4.69, 9.17) is 24.5 Å². The van der Waals surface area contributed by atoms with Crippen LogP contribution in [0, 0.1) is 6.92 Å². The molecular formula is C22H34Cl2N8O2. The minimum Gasteiger partial charge on any atom is -0.380 e. The lowest BCUT2D eigenvalue weighted by Gasteiger charge is -2.32. The molecule has 188 valence electrons. The van der Waals surface area contributed by atoms with Crippen molar-refractivity contribution in [2.45, 2.75) is 40.0 Å². The van der Waals surface area contributed by atoms with Gasteiger partial charge in [0, 0.05) is 45.6 Å². The number of rotatable bonds is 9. The number of pyridine rings is 1. The molecule has 3 aromatic heterocycles. The van der Waals surface area contributed by atoms with E-state index in [2.05, 4.69) is 27.4 Å². The van der Waals surface area contributed by atoms with E-state index < -0.39 is 0 Å². The highest BCUT2D eigenvalue weighted by Crippen LogP contribution is 2.29. The summed E-state index contributed by atoms with van der Waals surface area (Å²) < 4.78 is 12.9. The Morgan fingerprint density at radius 1 is 1.26 bits per heavy atom. The lowest BCUT2D eigenvalue weighted by molar-refractivity contribution is 0.136. The zero-order valence-electron chi connectivity index (χ0n) is 20.1. The van der Waals surface area contributed by atoms with Crippen LogP contribution in [0.3, 0.4) is 0 Å². The maximum absolute atomic E-state index is 5.58. The summed E-state index contributed by atoms with van der Waals surface area (Å²) in [7, 11) is 1.67. The van der Waals surface area contributed by atoms with Crippen molar-refractivity contribution in [2.75, 3.05) is 50.2 Å². The fraction of sp³-hybridized carbons (Fsp3) is 0.545. The molecule has 4 heterocycles. The third kappa shape index (κ3) is 6.45. The first-order valence-corrected chi connectivity index (χ1v) is 11.1. The summed E-state index contributed by atoms with van der Waals surface area (Å²) in [5.74, 6) is 2.10. The van der Waals surface area contributed by atoms with Crippen molar-refractivity contribution in [1.82, 2.24) is 30.0 Å². The Morgan fingerprint density at radius 2 is 2.09 bits per heavy atom. The van der Waals surface area contributed by atoms with Crippen LogP contribution < -0.4 is 15.5 Å². The van der Waals surface area contributed by atoms with Crippen LogP contribution in [0.5, 0.6) is 0 Å². The van der Waals surface area contributed by atoms with Crippen LogP contribution in [-0.2, 0) is 22.6 Å². The van der Waals surface area contributed by atoms with Gasteiger partial charge in [-0.2, -0.15) is 10.1 Å². The Hall–Kier alpha value is -2.24. The highest BCUT2D eigenvalue weighted by molar-refractivity contribution is 5.90. The van der Waals surface area contributed by atoms with Gasteiger partial charge in [0.1, 0.15) is 22.5 Å². The van der Waals surface area contributed by atoms with E-state index in [0.29, 0.717) is 44.2 Å². The number of nitrogens with zero attached hydrogens (tertiary/aromatic N) is 6. The van der Waals surface area contributed by atoms with Gasteiger partial charge >= 0.3 is 0 Å². The highest BCUT2D eigenvalue weighted by Gasteiger charge is 2.24. The van der Waals surface area contributed by atoms with Crippen LogP contribution in [0.4, 0.5) is 17.6 Å². The van der Waals surface area contributed by atoms with Gasteiger partial charge in [-0.15, -0.1) is 24.8 Å². The number of anilines is 3. The minimum atomic E-state index is 0. The smallest absolute Gasteiger partial charge is 0.228 e. The Bertz CT molecular complexity index is 1060. The van der Waals surface area contributed by atoms with Crippen LogP contribution in [-0.4, -0.2) is 70.7 Å². The molecule has 3 aromatic rings. The first-order chi connectivity index (χ1) is 15.6. The minimum absolute atomic E-state index is 0. The van der Waals surface area contributed by atoms with Crippen molar-refractivity contribution >= 4 is 53.4 Å². The van der Waals surface area contributed by atoms with Crippen LogP contribution >= 0.6 is 24.8 Å². The molecule has 2 N–H and O–H groups in total. The number of hydrogen-bond donors (Lipinski definition) is 2. The Morgan fingerprint density at radius 3 is 2.79 bits per heavy atom. The molecule has 0 aromatic carbocycles. The van der Waals surface area contributed by atoms with Gasteiger partial charge in [0.05, 0.1) is 19.8 Å². The van der Waals surface area contributed by atoms with E-state index in [0.717, 1.165) is 47.7 Å². The standard InChI is InChI=1S/C22H32N8O2.2ClH/c1-5-32-11-10-30-20-19(17(28-30)14-31-4)26-22(29-9-8-23-16(3)13-29)27-21(20)25-18-12-15(2)6-7-24-18;;/h6-7,12,16,23H,5,8-11,13-14H2,1-4H3,(H,24,25,26,27);2*1H/t16-;;/m1../s1. The maximum Gasteiger partial charge on any atom is 0.228 e. The fourth-order valence-corrected chi connectivity index (χ4v) is 3.89. The molecule has 0 bridgehead atoms. The molecule has 1 saturated heterocycles. The van der Waals surface area contributed by atoms with Crippen molar-refractivity contribution in [3.05, 3.63) is 29.6 Å². The molecule has 10 nitrogen and oxygen atoms in total. The number of nitrogens with one attached hydrogen (secondary N) is 2. The van der Waals surface area contributed by atoms with Gasteiger partial charge < -0.3 is 25.0 Å². The van der Waals surface area contributed by atoms with Gasteiger partial charge in [-0.3, -0.25) is 4.68 Å². The third-order valence-electron chi connectivity index (χ3n) is 5.39. The lowest BCUT2D eigenvalue weighted by Crippen LogP contribution is -2.49. The Balaban J connectivity index is 0.00000204. The maximum atomic E-state index is 5.58. The van der Waals surface area contributed by atoms with E-state index >= 15 is 0 Å². The van der Waals surface area contributed by atoms with Gasteiger partial charge in [0.15, 0.2) is 5.82 Å². The summed E-state index contributed by atoms with van der Waals surface area (Å²) in [6.07, 6.45) is 1.79.